The third-order valence-corrected chi connectivity index (χ3v) is 4.81. The van der Waals surface area contributed by atoms with Crippen LogP contribution in [0, 0.1) is 0 Å². The van der Waals surface area contributed by atoms with E-state index >= 15 is 0 Å². The Kier molecular flexibility index (Phi) is 6.57. The second kappa shape index (κ2) is 8.65. The van der Waals surface area contributed by atoms with Crippen LogP contribution in [0.15, 0.2) is 35.3 Å². The highest BCUT2D eigenvalue weighted by Crippen LogP contribution is 2.29. The van der Waals surface area contributed by atoms with Crippen LogP contribution in [0.25, 0.3) is 10.1 Å². The molecule has 0 radical (unpaired) electrons. The normalized spacial score (nSPS) is 12.9. The number of nitrogens with one attached hydrogen (secondary N) is 2. The minimum Gasteiger partial charge on any atom is -0.386 e. The Morgan fingerprint density at radius 1 is 1.33 bits per heavy atom. The summed E-state index contributed by atoms with van der Waals surface area (Å²) in [6.45, 7) is 0.851. The van der Waals surface area contributed by atoms with Crippen LogP contribution in [0.5, 0.6) is 0 Å². The lowest BCUT2D eigenvalue weighted by Crippen LogP contribution is -2.40. The molecule has 1 amide bonds. The highest BCUT2D eigenvalue weighted by atomic mass is 32.1. The van der Waals surface area contributed by atoms with Gasteiger partial charge in [0.2, 0.25) is 5.91 Å². The Balaban J connectivity index is 1.83. The van der Waals surface area contributed by atoms with E-state index in [4.69, 9.17) is 0 Å². The van der Waals surface area contributed by atoms with Crippen molar-refractivity contribution in [2.45, 2.75) is 12.5 Å². The van der Waals surface area contributed by atoms with Crippen LogP contribution in [0.3, 0.4) is 0 Å². The molecule has 0 spiro atoms. The van der Waals surface area contributed by atoms with E-state index in [1.807, 2.05) is 30.3 Å². The smallest absolute Gasteiger partial charge is 0.223 e. The average Bonchev–Trinajstić information content (AvgIpc) is 3.01. The maximum atomic E-state index is 11.5. The van der Waals surface area contributed by atoms with Gasteiger partial charge in [-0.25, -0.2) is 0 Å². The lowest BCUT2D eigenvalue weighted by molar-refractivity contribution is -0.128. The Bertz CT molecular complexity index is 678. The van der Waals surface area contributed by atoms with Crippen molar-refractivity contribution in [2.24, 2.45) is 4.99 Å². The maximum absolute atomic E-state index is 11.5. The summed E-state index contributed by atoms with van der Waals surface area (Å²) in [6.07, 6.45) is -0.212. The quantitative estimate of drug-likeness (QED) is 0.547. The van der Waals surface area contributed by atoms with Crippen LogP contribution in [-0.2, 0) is 4.79 Å². The van der Waals surface area contributed by atoms with Crippen LogP contribution in [0.1, 0.15) is 17.4 Å². The van der Waals surface area contributed by atoms with Crippen LogP contribution in [-0.4, -0.2) is 56.1 Å². The van der Waals surface area contributed by atoms with Crippen LogP contribution < -0.4 is 10.6 Å². The van der Waals surface area contributed by atoms with Gasteiger partial charge in [0, 0.05) is 50.2 Å². The van der Waals surface area contributed by atoms with Crippen molar-refractivity contribution >= 4 is 33.3 Å². The summed E-state index contributed by atoms with van der Waals surface area (Å²) in [5.74, 6) is 0.630. The number of rotatable bonds is 6. The largest absolute Gasteiger partial charge is 0.386 e. The molecule has 1 aromatic carbocycles. The topological polar surface area (TPSA) is 77.0 Å². The Hall–Kier alpha value is -2.12. The van der Waals surface area contributed by atoms with Gasteiger partial charge in [-0.3, -0.25) is 9.79 Å². The van der Waals surface area contributed by atoms with E-state index in [0.717, 1.165) is 15.0 Å². The number of hydrogen-bond donors (Lipinski definition) is 3. The first-order valence-corrected chi connectivity index (χ1v) is 8.64. The highest BCUT2D eigenvalue weighted by molar-refractivity contribution is 7.19. The number of guanidine groups is 1. The molecule has 0 fully saturated rings. The molecular weight excluding hydrogens is 324 g/mol. The molecule has 0 aliphatic carbocycles. The number of nitrogens with zero attached hydrogens (tertiary/aromatic N) is 2. The number of fused-ring (bicyclic) bond motifs is 1. The third kappa shape index (κ3) is 4.94. The summed E-state index contributed by atoms with van der Waals surface area (Å²) in [5.41, 5.74) is 0. The molecule has 6 nitrogen and oxygen atoms in total. The minimum absolute atomic E-state index is 0.0586. The van der Waals surface area contributed by atoms with E-state index in [1.165, 1.54) is 0 Å². The van der Waals surface area contributed by atoms with Crippen LogP contribution in [0.4, 0.5) is 0 Å². The molecule has 0 aliphatic rings. The van der Waals surface area contributed by atoms with E-state index in [1.54, 1.807) is 37.4 Å². The number of carbonyl (C=O) groups is 1. The molecule has 0 saturated heterocycles. The lowest BCUT2D eigenvalue weighted by Gasteiger charge is -2.15. The minimum atomic E-state index is -0.607. The van der Waals surface area contributed by atoms with Crippen molar-refractivity contribution in [3.63, 3.8) is 0 Å². The van der Waals surface area contributed by atoms with Crippen molar-refractivity contribution in [1.82, 2.24) is 15.5 Å². The Morgan fingerprint density at radius 3 is 2.75 bits per heavy atom. The van der Waals surface area contributed by atoms with Crippen molar-refractivity contribution in [1.29, 1.82) is 0 Å². The molecule has 7 heteroatoms. The van der Waals surface area contributed by atoms with Gasteiger partial charge in [-0.15, -0.1) is 11.3 Å². The summed E-state index contributed by atoms with van der Waals surface area (Å²) >= 11 is 1.59. The number of carbonyl (C=O) groups excluding carboxylic acids is 1. The van der Waals surface area contributed by atoms with Gasteiger partial charge in [-0.1, -0.05) is 18.2 Å². The zero-order valence-corrected chi connectivity index (χ0v) is 15.1. The summed E-state index contributed by atoms with van der Waals surface area (Å²) in [4.78, 5) is 18.1. The van der Waals surface area contributed by atoms with Crippen molar-refractivity contribution in [3.05, 3.63) is 35.2 Å². The van der Waals surface area contributed by atoms with Gasteiger partial charge in [-0.05, 0) is 17.5 Å². The summed E-state index contributed by atoms with van der Waals surface area (Å²) in [5, 5.41) is 17.7. The second-order valence-electron chi connectivity index (χ2n) is 5.62. The fourth-order valence-corrected chi connectivity index (χ4v) is 3.24. The zero-order valence-electron chi connectivity index (χ0n) is 14.2. The van der Waals surface area contributed by atoms with Crippen molar-refractivity contribution < 1.29 is 9.90 Å². The molecule has 130 valence electrons. The fourth-order valence-electron chi connectivity index (χ4n) is 2.19. The summed E-state index contributed by atoms with van der Waals surface area (Å²) in [6, 6.07) is 10.1. The molecule has 0 aliphatic heterocycles. The molecule has 1 atom stereocenters. The van der Waals surface area contributed by atoms with E-state index in [0.29, 0.717) is 25.5 Å². The predicted octanol–water partition coefficient (Wildman–Crippen LogP) is 1.58. The van der Waals surface area contributed by atoms with E-state index < -0.39 is 6.10 Å². The third-order valence-electron chi connectivity index (χ3n) is 3.59. The second-order valence-corrected chi connectivity index (χ2v) is 6.74. The first kappa shape index (κ1) is 18.2. The zero-order chi connectivity index (χ0) is 17.5. The summed E-state index contributed by atoms with van der Waals surface area (Å²) in [7, 11) is 5.13. The van der Waals surface area contributed by atoms with E-state index in [2.05, 4.69) is 15.6 Å². The molecule has 3 N–H and O–H groups in total. The Labute approximate surface area is 146 Å². The number of benzene rings is 1. The van der Waals surface area contributed by atoms with Crippen molar-refractivity contribution in [3.8, 4) is 0 Å². The highest BCUT2D eigenvalue weighted by Gasteiger charge is 2.12. The molecule has 2 rings (SSSR count). The predicted molar refractivity (Wildman–Crippen MR) is 99.5 cm³/mol. The molecule has 1 aromatic heterocycles. The Morgan fingerprint density at radius 2 is 2.08 bits per heavy atom. The number of hydrogen-bond acceptors (Lipinski definition) is 4. The van der Waals surface area contributed by atoms with Gasteiger partial charge < -0.3 is 20.6 Å². The van der Waals surface area contributed by atoms with E-state index in [9.17, 15) is 9.90 Å². The number of amides is 1. The lowest BCUT2D eigenvalue weighted by atomic mass is 10.2. The van der Waals surface area contributed by atoms with Crippen LogP contribution >= 0.6 is 11.3 Å². The first-order valence-electron chi connectivity index (χ1n) is 7.82. The summed E-state index contributed by atoms with van der Waals surface area (Å²) < 4.78 is 1.16. The first-order chi connectivity index (χ1) is 11.5. The van der Waals surface area contributed by atoms with Gasteiger partial charge in [0.25, 0.3) is 0 Å². The van der Waals surface area contributed by atoms with Crippen LogP contribution in [0.2, 0.25) is 0 Å². The monoisotopic (exact) mass is 348 g/mol. The van der Waals surface area contributed by atoms with Gasteiger partial charge >= 0.3 is 0 Å². The fraction of sp³-hybridized carbons (Fsp3) is 0.412. The van der Waals surface area contributed by atoms with Gasteiger partial charge in [0.05, 0.1) is 0 Å². The maximum Gasteiger partial charge on any atom is 0.223 e. The SMILES string of the molecule is CN=C(NCCC(=O)N(C)C)NCC(O)c1cc2ccccc2s1. The number of aliphatic hydroxyl groups is 1. The standard InChI is InChI=1S/C17H24N4O2S/c1-18-17(19-9-8-16(23)21(2)3)20-11-13(22)15-10-12-6-4-5-7-14(12)24-15/h4-7,10,13,22H,8-9,11H2,1-3H3,(H2,18,19,20). The number of thiophene rings is 1. The molecule has 24 heavy (non-hydrogen) atoms. The van der Waals surface area contributed by atoms with E-state index in [-0.39, 0.29) is 5.91 Å². The molecule has 1 unspecified atom stereocenters. The van der Waals surface area contributed by atoms with Crippen molar-refractivity contribution in [2.75, 3.05) is 34.2 Å². The number of aliphatic hydroxyl groups excluding tert-OH is 1. The molecule has 0 saturated carbocycles. The molecule has 0 bridgehead atoms. The van der Waals surface area contributed by atoms with Gasteiger partial charge in [-0.2, -0.15) is 0 Å². The molecular formula is C17H24N4O2S. The number of aliphatic imine (C=N–C) groups is 1. The molecule has 2 aromatic rings. The molecule has 1 heterocycles. The average molecular weight is 348 g/mol. The van der Waals surface area contributed by atoms with Gasteiger partial charge in [0.1, 0.15) is 6.10 Å². The van der Waals surface area contributed by atoms with Gasteiger partial charge in [0.15, 0.2) is 5.96 Å².